The van der Waals surface area contributed by atoms with Gasteiger partial charge in [-0.2, -0.15) is 0 Å². The number of carbonyl (C=O) groups is 5. The molecule has 0 aromatic heterocycles. The Morgan fingerprint density at radius 1 is 0.977 bits per heavy atom. The van der Waals surface area contributed by atoms with Crippen LogP contribution in [0.1, 0.15) is 79.4 Å². The van der Waals surface area contributed by atoms with Crippen molar-refractivity contribution < 1.29 is 34.2 Å². The van der Waals surface area contributed by atoms with E-state index in [0.29, 0.717) is 0 Å². The molecule has 0 aliphatic heterocycles. The molecular formula is C33H52N4O7. The van der Waals surface area contributed by atoms with Crippen molar-refractivity contribution in [3.05, 3.63) is 47.0 Å². The van der Waals surface area contributed by atoms with Gasteiger partial charge in [0.25, 0.3) is 0 Å². The number of likely N-dealkylation sites (N-methyl/N-ethyl adjacent to an activating group) is 2. The molecule has 11 nitrogen and oxygen atoms in total. The lowest BCUT2D eigenvalue weighted by Crippen LogP contribution is -2.61. The lowest BCUT2D eigenvalue weighted by molar-refractivity contribution is -0.142. The monoisotopic (exact) mass is 616 g/mol. The molecular weight excluding hydrogens is 564 g/mol. The SMILES string of the molecule is CN[C@H](C(=O)NC(C(=O)N(C)[C@H](/C=C(\C)C(=O)N[C@H](CCC(=O)O)C(=O)O)C(C)C)C(C)(C)C)C(C)(C)c1cccc(C)c1. The summed E-state index contributed by atoms with van der Waals surface area (Å²) in [6.07, 6.45) is 0.909. The van der Waals surface area contributed by atoms with Crippen LogP contribution in [0.3, 0.4) is 0 Å². The Morgan fingerprint density at radius 3 is 2.02 bits per heavy atom. The maximum atomic E-state index is 14.0. The molecule has 3 amide bonds. The first-order valence-corrected chi connectivity index (χ1v) is 14.9. The van der Waals surface area contributed by atoms with E-state index in [2.05, 4.69) is 16.0 Å². The van der Waals surface area contributed by atoms with Crippen LogP contribution in [0.15, 0.2) is 35.9 Å². The average Bonchev–Trinajstić information content (AvgIpc) is 2.90. The van der Waals surface area contributed by atoms with Gasteiger partial charge in [-0.15, -0.1) is 0 Å². The van der Waals surface area contributed by atoms with Crippen LogP contribution in [-0.4, -0.2) is 83.0 Å². The van der Waals surface area contributed by atoms with Crippen molar-refractivity contribution in [2.45, 2.75) is 105 Å². The first kappa shape index (κ1) is 38.3. The highest BCUT2D eigenvalue weighted by Crippen LogP contribution is 2.29. The maximum Gasteiger partial charge on any atom is 0.326 e. The minimum atomic E-state index is -1.37. The van der Waals surface area contributed by atoms with Gasteiger partial charge in [0.2, 0.25) is 17.7 Å². The fourth-order valence-electron chi connectivity index (χ4n) is 5.14. The van der Waals surface area contributed by atoms with Crippen LogP contribution in [0, 0.1) is 18.3 Å². The molecule has 11 heteroatoms. The van der Waals surface area contributed by atoms with Crippen LogP contribution < -0.4 is 16.0 Å². The molecule has 246 valence electrons. The number of hydrogen-bond acceptors (Lipinski definition) is 6. The van der Waals surface area contributed by atoms with Gasteiger partial charge in [0.05, 0.1) is 12.1 Å². The normalized spacial score (nSPS) is 15.1. The fraction of sp³-hybridized carbons (Fsp3) is 0.606. The molecule has 1 rings (SSSR count). The molecule has 0 spiro atoms. The number of carboxylic acids is 2. The molecule has 0 fully saturated rings. The lowest BCUT2D eigenvalue weighted by Gasteiger charge is -2.40. The van der Waals surface area contributed by atoms with Crippen molar-refractivity contribution in [1.82, 2.24) is 20.9 Å². The molecule has 44 heavy (non-hydrogen) atoms. The number of nitrogens with zero attached hydrogens (tertiary/aromatic N) is 1. The van der Waals surface area contributed by atoms with Gasteiger partial charge in [-0.3, -0.25) is 19.2 Å². The van der Waals surface area contributed by atoms with Crippen molar-refractivity contribution in [3.63, 3.8) is 0 Å². The number of benzene rings is 1. The molecule has 0 aliphatic rings. The van der Waals surface area contributed by atoms with E-state index >= 15 is 0 Å². The van der Waals surface area contributed by atoms with E-state index < -0.39 is 59.3 Å². The first-order chi connectivity index (χ1) is 20.1. The molecule has 1 aromatic rings. The second-order valence-electron chi connectivity index (χ2n) is 13.5. The smallest absolute Gasteiger partial charge is 0.326 e. The van der Waals surface area contributed by atoms with Crippen LogP contribution in [0.5, 0.6) is 0 Å². The second-order valence-corrected chi connectivity index (χ2v) is 13.5. The lowest BCUT2D eigenvalue weighted by atomic mass is 9.76. The largest absolute Gasteiger partial charge is 0.481 e. The molecule has 0 saturated carbocycles. The number of amides is 3. The Labute approximate surface area is 261 Å². The van der Waals surface area contributed by atoms with Gasteiger partial charge in [0.15, 0.2) is 0 Å². The number of rotatable bonds is 15. The van der Waals surface area contributed by atoms with Crippen LogP contribution >= 0.6 is 0 Å². The fourth-order valence-corrected chi connectivity index (χ4v) is 5.14. The minimum Gasteiger partial charge on any atom is -0.481 e. The van der Waals surface area contributed by atoms with E-state index in [1.165, 1.54) is 11.8 Å². The van der Waals surface area contributed by atoms with Crippen molar-refractivity contribution in [3.8, 4) is 0 Å². The number of aliphatic carboxylic acids is 2. The Kier molecular flexibility index (Phi) is 13.8. The molecule has 0 aliphatic carbocycles. The summed E-state index contributed by atoms with van der Waals surface area (Å²) in [4.78, 5) is 64.7. The Hall–Kier alpha value is -3.73. The maximum absolute atomic E-state index is 14.0. The predicted molar refractivity (Wildman–Crippen MR) is 170 cm³/mol. The van der Waals surface area contributed by atoms with Gasteiger partial charge in [-0.25, -0.2) is 4.79 Å². The Morgan fingerprint density at radius 2 is 1.57 bits per heavy atom. The van der Waals surface area contributed by atoms with Crippen LogP contribution in [-0.2, 0) is 29.4 Å². The molecule has 0 radical (unpaired) electrons. The molecule has 0 heterocycles. The van der Waals surface area contributed by atoms with Crippen LogP contribution in [0.4, 0.5) is 0 Å². The number of carboxylic acid groups (broad SMARTS) is 2. The van der Waals surface area contributed by atoms with Gasteiger partial charge in [0, 0.05) is 24.5 Å². The second kappa shape index (κ2) is 15.8. The van der Waals surface area contributed by atoms with Crippen LogP contribution in [0.2, 0.25) is 0 Å². The summed E-state index contributed by atoms with van der Waals surface area (Å²) in [5.41, 5.74) is 0.967. The van der Waals surface area contributed by atoms with Crippen molar-refractivity contribution >= 4 is 29.7 Å². The van der Waals surface area contributed by atoms with E-state index in [9.17, 15) is 29.1 Å². The molecule has 5 N–H and O–H groups in total. The topological polar surface area (TPSA) is 165 Å². The molecule has 4 atom stereocenters. The average molecular weight is 617 g/mol. The van der Waals surface area contributed by atoms with E-state index in [0.717, 1.165) is 11.1 Å². The summed E-state index contributed by atoms with van der Waals surface area (Å²) < 4.78 is 0. The Balaban J connectivity index is 3.30. The van der Waals surface area contributed by atoms with Gasteiger partial charge in [0.1, 0.15) is 12.1 Å². The zero-order valence-corrected chi connectivity index (χ0v) is 28.1. The summed E-state index contributed by atoms with van der Waals surface area (Å²) in [5, 5.41) is 26.8. The quantitative estimate of drug-likeness (QED) is 0.187. The van der Waals surface area contributed by atoms with Gasteiger partial charge in [-0.1, -0.05) is 84.4 Å². The number of aryl methyl sites for hydroxylation is 1. The number of nitrogens with one attached hydrogen (secondary N) is 3. The van der Waals surface area contributed by atoms with Gasteiger partial charge < -0.3 is 31.1 Å². The summed E-state index contributed by atoms with van der Waals surface area (Å²) in [5.74, 6) is -4.00. The molecule has 0 bridgehead atoms. The summed E-state index contributed by atoms with van der Waals surface area (Å²) in [6, 6.07) is 4.47. The van der Waals surface area contributed by atoms with Gasteiger partial charge >= 0.3 is 11.9 Å². The third-order valence-corrected chi connectivity index (χ3v) is 7.94. The highest BCUT2D eigenvalue weighted by atomic mass is 16.4. The van der Waals surface area contributed by atoms with Gasteiger partial charge in [-0.05, 0) is 44.2 Å². The zero-order chi connectivity index (χ0) is 34.2. The van der Waals surface area contributed by atoms with Crippen LogP contribution in [0.25, 0.3) is 0 Å². The molecule has 1 unspecified atom stereocenters. The molecule has 1 aromatic carbocycles. The van der Waals surface area contributed by atoms with Crippen molar-refractivity contribution in [2.75, 3.05) is 14.1 Å². The third-order valence-electron chi connectivity index (χ3n) is 7.94. The minimum absolute atomic E-state index is 0.143. The third kappa shape index (κ3) is 10.5. The Bertz CT molecular complexity index is 1230. The van der Waals surface area contributed by atoms with E-state index in [1.54, 1.807) is 20.2 Å². The zero-order valence-electron chi connectivity index (χ0n) is 28.1. The first-order valence-electron chi connectivity index (χ1n) is 14.9. The predicted octanol–water partition coefficient (Wildman–Crippen LogP) is 3.26. The summed E-state index contributed by atoms with van der Waals surface area (Å²) in [7, 11) is 3.32. The van der Waals surface area contributed by atoms with Crippen molar-refractivity contribution in [2.24, 2.45) is 11.3 Å². The highest BCUT2D eigenvalue weighted by molar-refractivity contribution is 5.96. The summed E-state index contributed by atoms with van der Waals surface area (Å²) >= 11 is 0. The van der Waals surface area contributed by atoms with E-state index in [1.807, 2.05) is 79.7 Å². The van der Waals surface area contributed by atoms with Crippen molar-refractivity contribution in [1.29, 1.82) is 0 Å². The number of hydrogen-bond donors (Lipinski definition) is 5. The summed E-state index contributed by atoms with van der Waals surface area (Å²) in [6.45, 7) is 16.8. The van der Waals surface area contributed by atoms with E-state index in [-0.39, 0.29) is 29.7 Å². The molecule has 0 saturated heterocycles. The van der Waals surface area contributed by atoms with E-state index in [4.69, 9.17) is 5.11 Å². The number of carbonyl (C=O) groups excluding carboxylic acids is 3. The highest BCUT2D eigenvalue weighted by Gasteiger charge is 2.41. The standard InChI is InChI=1S/C33H52N4O7/c1-19(2)24(18-21(4)28(40)35-23(31(43)44)15-16-25(38)39)37(11)30(42)27(32(5,6)7)36-29(41)26(34-10)33(8,9)22-14-12-13-20(3)17-22/h12-14,17-19,23-24,26-27,34H,15-16H2,1-11H3,(H,35,40)(H,36,41)(H,38,39)(H,43,44)/b21-18+/t23-,24-,26-,27?/m1/s1.